The van der Waals surface area contributed by atoms with Gasteiger partial charge in [0, 0.05) is 5.02 Å². The third-order valence-electron chi connectivity index (χ3n) is 2.62. The molecule has 1 aromatic carbocycles. The van der Waals surface area contributed by atoms with Crippen molar-refractivity contribution in [3.63, 3.8) is 0 Å². The van der Waals surface area contributed by atoms with E-state index in [9.17, 15) is 9.18 Å². The number of benzene rings is 1. The minimum Gasteiger partial charge on any atom is -0.305 e. The Morgan fingerprint density at radius 2 is 2.11 bits per heavy atom. The van der Waals surface area contributed by atoms with Gasteiger partial charge in [0.05, 0.1) is 22.9 Å². The Bertz CT molecular complexity index is 776. The Kier molecular flexibility index (Phi) is 2.41. The average Bonchev–Trinajstić information content (AvgIpc) is 2.66. The highest BCUT2D eigenvalue weighted by Crippen LogP contribution is 2.19. The number of rotatable bonds is 1. The Morgan fingerprint density at radius 3 is 2.83 bits per heavy atom. The summed E-state index contributed by atoms with van der Waals surface area (Å²) in [6, 6.07) is 7.75. The molecule has 0 bridgehead atoms. The van der Waals surface area contributed by atoms with Crippen molar-refractivity contribution < 1.29 is 4.39 Å². The maximum Gasteiger partial charge on any atom is 0.331 e. The van der Waals surface area contributed by atoms with E-state index in [1.165, 1.54) is 22.9 Å². The lowest BCUT2D eigenvalue weighted by atomic mass is 10.3. The molecule has 0 aliphatic heterocycles. The molecule has 0 radical (unpaired) electrons. The van der Waals surface area contributed by atoms with Gasteiger partial charge in [0.15, 0.2) is 0 Å². The van der Waals surface area contributed by atoms with Crippen molar-refractivity contribution in [1.29, 1.82) is 0 Å². The highest BCUT2D eigenvalue weighted by molar-refractivity contribution is 6.31. The van der Waals surface area contributed by atoms with Gasteiger partial charge in [0.25, 0.3) is 0 Å². The second kappa shape index (κ2) is 3.96. The van der Waals surface area contributed by atoms with Crippen LogP contribution in [-0.2, 0) is 0 Å². The summed E-state index contributed by atoms with van der Waals surface area (Å²) in [6.07, 6.45) is 1.30. The number of pyridine rings is 1. The van der Waals surface area contributed by atoms with Gasteiger partial charge in [-0.2, -0.15) is 4.39 Å². The number of nitrogens with one attached hydrogen (secondary N) is 1. The van der Waals surface area contributed by atoms with Gasteiger partial charge in [-0.25, -0.2) is 9.78 Å². The summed E-state index contributed by atoms with van der Waals surface area (Å²) in [4.78, 5) is 18.1. The fraction of sp³-hybridized carbons (Fsp3) is 0. The highest BCUT2D eigenvalue weighted by Gasteiger charge is 2.09. The molecule has 0 unspecified atom stereocenters. The molecule has 0 aliphatic carbocycles. The smallest absolute Gasteiger partial charge is 0.305 e. The fourth-order valence-electron chi connectivity index (χ4n) is 1.83. The maximum absolute atomic E-state index is 12.8. The number of H-pyrrole nitrogens is 1. The lowest BCUT2D eigenvalue weighted by Gasteiger charge is -2.02. The number of aromatic amines is 1. The van der Waals surface area contributed by atoms with Crippen LogP contribution in [-0.4, -0.2) is 14.5 Å². The molecule has 2 heterocycles. The van der Waals surface area contributed by atoms with Crippen LogP contribution in [0.5, 0.6) is 0 Å². The monoisotopic (exact) mass is 263 g/mol. The predicted octanol–water partition coefficient (Wildman–Crippen LogP) is 2.51. The number of aromatic nitrogens is 3. The lowest BCUT2D eigenvalue weighted by Crippen LogP contribution is -2.14. The molecule has 0 spiro atoms. The zero-order valence-electron chi connectivity index (χ0n) is 9.02. The average molecular weight is 264 g/mol. The number of fused-ring (bicyclic) bond motifs is 1. The molecule has 0 saturated heterocycles. The molecule has 18 heavy (non-hydrogen) atoms. The quantitative estimate of drug-likeness (QED) is 0.686. The summed E-state index contributed by atoms with van der Waals surface area (Å²) >= 11 is 5.91. The van der Waals surface area contributed by atoms with Crippen LogP contribution < -0.4 is 5.69 Å². The number of nitrogens with zero attached hydrogens (tertiary/aromatic N) is 2. The zero-order valence-corrected chi connectivity index (χ0v) is 9.78. The first-order chi connectivity index (χ1) is 8.65. The van der Waals surface area contributed by atoms with Crippen LogP contribution in [0.2, 0.25) is 5.02 Å². The molecule has 3 rings (SSSR count). The van der Waals surface area contributed by atoms with Crippen molar-refractivity contribution in [2.75, 3.05) is 0 Å². The number of halogens is 2. The fourth-order valence-corrected chi connectivity index (χ4v) is 2.00. The number of imidazole rings is 1. The van der Waals surface area contributed by atoms with Gasteiger partial charge < -0.3 is 4.98 Å². The maximum atomic E-state index is 12.8. The summed E-state index contributed by atoms with van der Waals surface area (Å²) in [5.41, 5.74) is 1.45. The summed E-state index contributed by atoms with van der Waals surface area (Å²) in [5.74, 6) is -0.593. The first-order valence-electron chi connectivity index (χ1n) is 5.17. The third kappa shape index (κ3) is 1.69. The van der Waals surface area contributed by atoms with E-state index < -0.39 is 5.95 Å². The molecule has 0 amide bonds. The molecule has 0 fully saturated rings. The summed E-state index contributed by atoms with van der Waals surface area (Å²) in [5, 5.41) is 0.519. The third-order valence-corrected chi connectivity index (χ3v) is 2.85. The van der Waals surface area contributed by atoms with E-state index in [1.54, 1.807) is 18.2 Å². The van der Waals surface area contributed by atoms with Gasteiger partial charge in [-0.15, -0.1) is 0 Å². The van der Waals surface area contributed by atoms with Crippen molar-refractivity contribution in [2.24, 2.45) is 0 Å². The van der Waals surface area contributed by atoms with Gasteiger partial charge in [0.1, 0.15) is 0 Å². The van der Waals surface area contributed by atoms with Crippen LogP contribution in [0.1, 0.15) is 0 Å². The zero-order chi connectivity index (χ0) is 12.7. The van der Waals surface area contributed by atoms with Gasteiger partial charge >= 0.3 is 5.69 Å². The highest BCUT2D eigenvalue weighted by atomic mass is 35.5. The van der Waals surface area contributed by atoms with Crippen molar-refractivity contribution >= 4 is 22.6 Å². The molecule has 90 valence electrons. The molecular weight excluding hydrogens is 257 g/mol. The molecule has 3 aromatic rings. The predicted molar refractivity (Wildman–Crippen MR) is 66.7 cm³/mol. The topological polar surface area (TPSA) is 50.7 Å². The number of hydrogen-bond acceptors (Lipinski definition) is 2. The Morgan fingerprint density at radius 1 is 1.28 bits per heavy atom. The minimum absolute atomic E-state index is 0.319. The van der Waals surface area contributed by atoms with Crippen LogP contribution in [0.4, 0.5) is 4.39 Å². The van der Waals surface area contributed by atoms with Crippen LogP contribution in [0, 0.1) is 5.95 Å². The van der Waals surface area contributed by atoms with E-state index >= 15 is 0 Å². The largest absolute Gasteiger partial charge is 0.331 e. The Labute approximate surface area is 106 Å². The summed E-state index contributed by atoms with van der Waals surface area (Å²) in [6.45, 7) is 0. The van der Waals surface area contributed by atoms with Crippen molar-refractivity contribution in [3.05, 3.63) is 58.0 Å². The SMILES string of the molecule is O=c1[nH]c2ccc(Cl)cc2n1-c1ccc(F)nc1. The summed E-state index contributed by atoms with van der Waals surface area (Å²) < 4.78 is 14.2. The Balaban J connectivity index is 2.34. The van der Waals surface area contributed by atoms with E-state index in [0.29, 0.717) is 21.7 Å². The second-order valence-corrected chi connectivity index (χ2v) is 4.20. The van der Waals surface area contributed by atoms with Crippen molar-refractivity contribution in [1.82, 2.24) is 14.5 Å². The van der Waals surface area contributed by atoms with Crippen LogP contribution in [0.3, 0.4) is 0 Å². The van der Waals surface area contributed by atoms with Gasteiger partial charge in [-0.1, -0.05) is 11.6 Å². The van der Waals surface area contributed by atoms with E-state index in [0.717, 1.165) is 0 Å². The molecule has 2 aromatic heterocycles. The molecule has 6 heteroatoms. The van der Waals surface area contributed by atoms with Gasteiger partial charge in [-0.3, -0.25) is 4.57 Å². The van der Waals surface area contributed by atoms with E-state index in [-0.39, 0.29) is 5.69 Å². The lowest BCUT2D eigenvalue weighted by molar-refractivity contribution is 0.583. The van der Waals surface area contributed by atoms with Crippen LogP contribution >= 0.6 is 11.6 Å². The van der Waals surface area contributed by atoms with Crippen LogP contribution in [0.15, 0.2) is 41.3 Å². The van der Waals surface area contributed by atoms with Gasteiger partial charge in [-0.05, 0) is 30.3 Å². The minimum atomic E-state index is -0.593. The van der Waals surface area contributed by atoms with E-state index in [2.05, 4.69) is 9.97 Å². The molecule has 4 nitrogen and oxygen atoms in total. The summed E-state index contributed by atoms with van der Waals surface area (Å²) in [7, 11) is 0. The standard InChI is InChI=1S/C12H7ClFN3O/c13-7-1-3-9-10(5-7)17(12(18)16-9)8-2-4-11(14)15-6-8/h1-6H,(H,16,18). The molecular formula is C12H7ClFN3O. The normalized spacial score (nSPS) is 11.0. The molecule has 0 saturated carbocycles. The van der Waals surface area contributed by atoms with Crippen LogP contribution in [0.25, 0.3) is 16.7 Å². The Hall–Kier alpha value is -2.14. The number of hydrogen-bond donors (Lipinski definition) is 1. The van der Waals surface area contributed by atoms with E-state index in [1.807, 2.05) is 0 Å². The first-order valence-corrected chi connectivity index (χ1v) is 5.55. The second-order valence-electron chi connectivity index (χ2n) is 3.77. The van der Waals surface area contributed by atoms with Crippen molar-refractivity contribution in [3.8, 4) is 5.69 Å². The van der Waals surface area contributed by atoms with Gasteiger partial charge in [0.2, 0.25) is 5.95 Å². The first kappa shape index (κ1) is 11.0. The van der Waals surface area contributed by atoms with Crippen molar-refractivity contribution in [2.45, 2.75) is 0 Å². The van der Waals surface area contributed by atoms with E-state index in [4.69, 9.17) is 11.6 Å². The molecule has 1 N–H and O–H groups in total. The molecule has 0 aliphatic rings. The molecule has 0 atom stereocenters.